The highest BCUT2D eigenvalue weighted by Crippen LogP contribution is 2.22. The molecule has 0 saturated heterocycles. The van der Waals surface area contributed by atoms with Crippen molar-refractivity contribution < 1.29 is 23.8 Å². The van der Waals surface area contributed by atoms with Crippen LogP contribution in [0.25, 0.3) is 11.4 Å². The average molecular weight is 424 g/mol. The van der Waals surface area contributed by atoms with Crippen LogP contribution in [-0.4, -0.2) is 41.2 Å². The van der Waals surface area contributed by atoms with E-state index in [9.17, 15) is 9.59 Å². The van der Waals surface area contributed by atoms with E-state index in [1.165, 1.54) is 6.42 Å². The van der Waals surface area contributed by atoms with E-state index < -0.39 is 5.97 Å². The normalized spacial score (nSPS) is 13.9. The van der Waals surface area contributed by atoms with Crippen LogP contribution in [0.4, 0.5) is 0 Å². The van der Waals surface area contributed by atoms with Gasteiger partial charge in [-0.2, -0.15) is 0 Å². The Balaban J connectivity index is 1.44. The lowest BCUT2D eigenvalue weighted by Crippen LogP contribution is -2.20. The van der Waals surface area contributed by atoms with Gasteiger partial charge in [-0.1, -0.05) is 25.1 Å². The summed E-state index contributed by atoms with van der Waals surface area (Å²) in [5.74, 6) is 0.428. The summed E-state index contributed by atoms with van der Waals surface area (Å²) < 4.78 is 16.1. The molecule has 1 aromatic heterocycles. The molecule has 1 saturated carbocycles. The van der Waals surface area contributed by atoms with Crippen molar-refractivity contribution in [3.05, 3.63) is 54.9 Å². The summed E-state index contributed by atoms with van der Waals surface area (Å²) in [5, 5.41) is 0. The summed E-state index contributed by atoms with van der Waals surface area (Å²) >= 11 is 0. The molecule has 1 aromatic carbocycles. The molecule has 0 unspecified atom stereocenters. The van der Waals surface area contributed by atoms with Crippen molar-refractivity contribution in [2.24, 2.45) is 0 Å². The van der Waals surface area contributed by atoms with Gasteiger partial charge in [0.2, 0.25) is 0 Å². The summed E-state index contributed by atoms with van der Waals surface area (Å²) in [5.41, 5.74) is 1.35. The number of hydrogen-bond donors (Lipinski definition) is 0. The van der Waals surface area contributed by atoms with E-state index in [0.29, 0.717) is 36.8 Å². The fourth-order valence-electron chi connectivity index (χ4n) is 3.32. The largest absolute Gasteiger partial charge is 0.490 e. The zero-order valence-corrected chi connectivity index (χ0v) is 17.6. The predicted molar refractivity (Wildman–Crippen MR) is 116 cm³/mol. The van der Waals surface area contributed by atoms with Crippen LogP contribution in [0.1, 0.15) is 55.3 Å². The smallest absolute Gasteiger partial charge is 0.338 e. The van der Waals surface area contributed by atoms with Gasteiger partial charge in [0, 0.05) is 11.6 Å². The van der Waals surface area contributed by atoms with Crippen molar-refractivity contribution in [2.45, 2.75) is 51.0 Å². The first-order valence-corrected chi connectivity index (χ1v) is 10.7. The lowest BCUT2D eigenvalue weighted by Gasteiger charge is -2.21. The monoisotopic (exact) mass is 424 g/mol. The molecule has 0 amide bonds. The van der Waals surface area contributed by atoms with E-state index in [4.69, 9.17) is 14.2 Å². The van der Waals surface area contributed by atoms with Gasteiger partial charge >= 0.3 is 11.9 Å². The third-order valence-electron chi connectivity index (χ3n) is 5.05. The van der Waals surface area contributed by atoms with Gasteiger partial charge in [0.05, 0.1) is 31.2 Å². The first-order valence-electron chi connectivity index (χ1n) is 10.7. The Bertz CT molecular complexity index is 859. The molecule has 1 fully saturated rings. The van der Waals surface area contributed by atoms with Crippen molar-refractivity contribution in [1.29, 1.82) is 0 Å². The van der Waals surface area contributed by atoms with Crippen LogP contribution in [0, 0.1) is 0 Å². The van der Waals surface area contributed by atoms with Crippen molar-refractivity contribution >= 4 is 11.9 Å². The number of nitrogens with zero attached hydrogens (tertiary/aromatic N) is 2. The van der Waals surface area contributed by atoms with Gasteiger partial charge in [-0.15, -0.1) is 0 Å². The SMILES string of the molecule is C=CC(=O)OCCCCOc1cnc(-c2ccc(C(=O)OC3CCCCC3)cc2)nc1. The van der Waals surface area contributed by atoms with Crippen LogP contribution in [0.15, 0.2) is 49.3 Å². The molecule has 7 heteroatoms. The minimum absolute atomic E-state index is 0.0407. The van der Waals surface area contributed by atoms with Gasteiger partial charge in [0.15, 0.2) is 11.6 Å². The second-order valence-corrected chi connectivity index (χ2v) is 7.41. The van der Waals surface area contributed by atoms with Crippen molar-refractivity contribution in [2.75, 3.05) is 13.2 Å². The summed E-state index contributed by atoms with van der Waals surface area (Å²) in [4.78, 5) is 31.9. The van der Waals surface area contributed by atoms with Crippen molar-refractivity contribution in [1.82, 2.24) is 9.97 Å². The number of rotatable bonds is 10. The molecule has 0 N–H and O–H groups in total. The topological polar surface area (TPSA) is 87.6 Å². The molecule has 3 rings (SSSR count). The Kier molecular flexibility index (Phi) is 8.58. The Morgan fingerprint density at radius 2 is 1.68 bits per heavy atom. The number of esters is 2. The first-order chi connectivity index (χ1) is 15.2. The van der Waals surface area contributed by atoms with Crippen molar-refractivity contribution in [3.8, 4) is 17.1 Å². The number of carbonyl (C=O) groups excluding carboxylic acids is 2. The number of ether oxygens (including phenoxy) is 3. The second kappa shape index (κ2) is 11.8. The first kappa shape index (κ1) is 22.5. The molecule has 0 bridgehead atoms. The zero-order valence-electron chi connectivity index (χ0n) is 17.6. The molecular formula is C24H28N2O5. The minimum Gasteiger partial charge on any atom is -0.490 e. The lowest BCUT2D eigenvalue weighted by molar-refractivity contribution is -0.137. The molecule has 1 heterocycles. The summed E-state index contributed by atoms with van der Waals surface area (Å²) in [6.45, 7) is 4.16. The Morgan fingerprint density at radius 3 is 2.35 bits per heavy atom. The summed E-state index contributed by atoms with van der Waals surface area (Å²) in [7, 11) is 0. The third-order valence-corrected chi connectivity index (χ3v) is 5.05. The number of benzene rings is 1. The molecule has 0 spiro atoms. The fourth-order valence-corrected chi connectivity index (χ4v) is 3.32. The average Bonchev–Trinajstić information content (AvgIpc) is 2.82. The zero-order chi connectivity index (χ0) is 21.9. The lowest BCUT2D eigenvalue weighted by atomic mass is 9.98. The van der Waals surface area contributed by atoms with Gasteiger partial charge in [0.25, 0.3) is 0 Å². The number of aromatic nitrogens is 2. The van der Waals surface area contributed by atoms with Gasteiger partial charge in [-0.05, 0) is 50.7 Å². The van der Waals surface area contributed by atoms with E-state index >= 15 is 0 Å². The maximum Gasteiger partial charge on any atom is 0.338 e. The highest BCUT2D eigenvalue weighted by Gasteiger charge is 2.18. The summed E-state index contributed by atoms with van der Waals surface area (Å²) in [6.07, 6.45) is 11.2. The molecule has 1 aliphatic rings. The van der Waals surface area contributed by atoms with Crippen LogP contribution in [-0.2, 0) is 14.3 Å². The van der Waals surface area contributed by atoms with Gasteiger partial charge in [0.1, 0.15) is 6.10 Å². The third kappa shape index (κ3) is 7.20. The van der Waals surface area contributed by atoms with E-state index in [0.717, 1.165) is 43.7 Å². The molecule has 31 heavy (non-hydrogen) atoms. The van der Waals surface area contributed by atoms with Crippen molar-refractivity contribution in [3.63, 3.8) is 0 Å². The standard InChI is InChI=1S/C24H28N2O5/c1-2-22(27)30-15-7-6-14-29-21-16-25-23(26-17-21)18-10-12-19(13-11-18)24(28)31-20-8-4-3-5-9-20/h2,10-13,16-17,20H,1,3-9,14-15H2. The molecule has 1 aliphatic carbocycles. The summed E-state index contributed by atoms with van der Waals surface area (Å²) in [6, 6.07) is 7.12. The molecule has 164 valence electrons. The molecule has 7 nitrogen and oxygen atoms in total. The number of unbranched alkanes of at least 4 members (excludes halogenated alkanes) is 1. The highest BCUT2D eigenvalue weighted by molar-refractivity contribution is 5.90. The minimum atomic E-state index is -0.418. The van der Waals surface area contributed by atoms with Crippen LogP contribution in [0.2, 0.25) is 0 Å². The molecular weight excluding hydrogens is 396 g/mol. The predicted octanol–water partition coefficient (Wildman–Crippen LogP) is 4.52. The maximum absolute atomic E-state index is 12.3. The van der Waals surface area contributed by atoms with Crippen LogP contribution < -0.4 is 4.74 Å². The van der Waals surface area contributed by atoms with E-state index in [1.54, 1.807) is 24.5 Å². The second-order valence-electron chi connectivity index (χ2n) is 7.41. The van der Waals surface area contributed by atoms with Crippen LogP contribution in [0.5, 0.6) is 5.75 Å². The molecule has 2 aromatic rings. The fraction of sp³-hybridized carbons (Fsp3) is 0.417. The van der Waals surface area contributed by atoms with E-state index in [-0.39, 0.29) is 12.1 Å². The molecule has 0 atom stereocenters. The molecule has 0 radical (unpaired) electrons. The quantitative estimate of drug-likeness (QED) is 0.315. The number of hydrogen-bond acceptors (Lipinski definition) is 7. The van der Waals surface area contributed by atoms with E-state index in [1.807, 2.05) is 12.1 Å². The van der Waals surface area contributed by atoms with Gasteiger partial charge in [-0.25, -0.2) is 19.6 Å². The number of carbonyl (C=O) groups is 2. The van der Waals surface area contributed by atoms with Crippen LogP contribution in [0.3, 0.4) is 0 Å². The van der Waals surface area contributed by atoms with Crippen LogP contribution >= 0.6 is 0 Å². The van der Waals surface area contributed by atoms with E-state index in [2.05, 4.69) is 16.5 Å². The van der Waals surface area contributed by atoms with Gasteiger partial charge < -0.3 is 14.2 Å². The van der Waals surface area contributed by atoms with Gasteiger partial charge in [-0.3, -0.25) is 0 Å². The Labute approximate surface area is 182 Å². The molecule has 0 aliphatic heterocycles. The Morgan fingerprint density at radius 1 is 1.00 bits per heavy atom. The Hall–Kier alpha value is -3.22. The maximum atomic E-state index is 12.3. The highest BCUT2D eigenvalue weighted by atomic mass is 16.5.